The minimum atomic E-state index is -0.863. The molecule has 1 atom stereocenters. The van der Waals surface area contributed by atoms with Crippen molar-refractivity contribution < 1.29 is 23.9 Å². The first-order chi connectivity index (χ1) is 21.4. The molecule has 5 rings (SSSR count). The highest BCUT2D eigenvalue weighted by atomic mass is 35.5. The van der Waals surface area contributed by atoms with Crippen LogP contribution < -0.4 is 10.1 Å². The first-order valence-electron chi connectivity index (χ1n) is 14.2. The number of rotatable bonds is 7. The Morgan fingerprint density at radius 1 is 1.04 bits per heavy atom. The molecule has 12 heteroatoms. The predicted octanol–water partition coefficient (Wildman–Crippen LogP) is 7.30. The summed E-state index contributed by atoms with van der Waals surface area (Å²) in [5, 5.41) is 10.0. The number of pyridine rings is 1. The molecule has 234 valence electrons. The lowest BCUT2D eigenvalue weighted by molar-refractivity contribution is -0.142. The summed E-state index contributed by atoms with van der Waals surface area (Å²) in [5.74, 6) is 0.270. The van der Waals surface area contributed by atoms with Crippen LogP contribution in [0.15, 0.2) is 66.9 Å². The van der Waals surface area contributed by atoms with Gasteiger partial charge in [-0.15, -0.1) is 5.06 Å². The van der Waals surface area contributed by atoms with Gasteiger partial charge < -0.3 is 19.6 Å². The molecular formula is C33H33Cl2N5O5. The van der Waals surface area contributed by atoms with E-state index >= 15 is 0 Å². The van der Waals surface area contributed by atoms with Gasteiger partial charge in [-0.2, -0.15) is 5.10 Å². The summed E-state index contributed by atoms with van der Waals surface area (Å²) in [7, 11) is 1.60. The zero-order valence-electron chi connectivity index (χ0n) is 25.5. The van der Waals surface area contributed by atoms with Crippen LogP contribution in [0.3, 0.4) is 0 Å². The Balaban J connectivity index is 1.64. The fraction of sp³-hybridized carbons (Fsp3) is 0.273. The number of aromatic nitrogens is 3. The van der Waals surface area contributed by atoms with Crippen molar-refractivity contribution in [3.63, 3.8) is 0 Å². The molecule has 0 saturated heterocycles. The Hall–Kier alpha value is -4.38. The predicted molar refractivity (Wildman–Crippen MR) is 172 cm³/mol. The van der Waals surface area contributed by atoms with Crippen molar-refractivity contribution >= 4 is 46.9 Å². The van der Waals surface area contributed by atoms with E-state index < -0.39 is 23.7 Å². The van der Waals surface area contributed by atoms with Crippen molar-refractivity contribution in [1.82, 2.24) is 25.1 Å². The van der Waals surface area contributed by atoms with Crippen molar-refractivity contribution in [2.24, 2.45) is 0 Å². The molecule has 1 aliphatic rings. The van der Waals surface area contributed by atoms with E-state index in [9.17, 15) is 9.59 Å². The maximum atomic E-state index is 13.9. The number of ether oxygens (including phenoxy) is 2. The highest BCUT2D eigenvalue weighted by molar-refractivity contribution is 6.35. The van der Waals surface area contributed by atoms with Crippen LogP contribution in [-0.2, 0) is 16.1 Å². The average molecular weight is 651 g/mol. The monoisotopic (exact) mass is 649 g/mol. The number of hydroxylamine groups is 2. The normalized spacial score (nSPS) is 14.9. The number of carbonyl (C=O) groups is 2. The van der Waals surface area contributed by atoms with E-state index in [4.69, 9.17) is 42.6 Å². The van der Waals surface area contributed by atoms with E-state index in [1.165, 1.54) is 5.06 Å². The van der Waals surface area contributed by atoms with Gasteiger partial charge in [0.15, 0.2) is 5.69 Å². The smallest absolute Gasteiger partial charge is 0.497 e. The Bertz CT molecular complexity index is 1730. The lowest BCUT2D eigenvalue weighted by Gasteiger charge is -2.29. The first kappa shape index (κ1) is 32.0. The minimum Gasteiger partial charge on any atom is -0.497 e. The fourth-order valence-corrected chi connectivity index (χ4v) is 5.35. The molecule has 1 N–H and O–H groups in total. The van der Waals surface area contributed by atoms with Gasteiger partial charge in [0.1, 0.15) is 11.4 Å². The van der Waals surface area contributed by atoms with E-state index in [0.717, 1.165) is 5.56 Å². The number of halogens is 2. The summed E-state index contributed by atoms with van der Waals surface area (Å²) in [5.41, 5.74) is 3.31. The highest BCUT2D eigenvalue weighted by Gasteiger charge is 2.35. The molecule has 3 heterocycles. The number of fused-ring (bicyclic) bond motifs is 1. The van der Waals surface area contributed by atoms with Crippen LogP contribution in [0, 0.1) is 0 Å². The van der Waals surface area contributed by atoms with E-state index in [1.807, 2.05) is 55.5 Å². The molecule has 0 aliphatic carbocycles. The van der Waals surface area contributed by atoms with Crippen molar-refractivity contribution in [3.8, 4) is 11.4 Å². The van der Waals surface area contributed by atoms with Crippen LogP contribution >= 0.6 is 23.2 Å². The Morgan fingerprint density at radius 3 is 2.44 bits per heavy atom. The van der Waals surface area contributed by atoms with Crippen LogP contribution in [0.1, 0.15) is 66.7 Å². The maximum absolute atomic E-state index is 13.9. The topological polar surface area (TPSA) is 108 Å². The first-order valence-corrected chi connectivity index (χ1v) is 15.0. The summed E-state index contributed by atoms with van der Waals surface area (Å²) in [6.45, 7) is 7.32. The minimum absolute atomic E-state index is 0.0560. The lowest BCUT2D eigenvalue weighted by atomic mass is 9.98. The molecule has 1 aliphatic heterocycles. The quantitative estimate of drug-likeness (QED) is 0.208. The van der Waals surface area contributed by atoms with Crippen molar-refractivity contribution in [3.05, 3.63) is 105 Å². The third kappa shape index (κ3) is 7.65. The summed E-state index contributed by atoms with van der Waals surface area (Å²) in [6.07, 6.45) is 2.74. The molecule has 2 aromatic heterocycles. The van der Waals surface area contributed by atoms with Gasteiger partial charge in [0.05, 0.1) is 48.3 Å². The molecule has 4 aromatic rings. The molecule has 1 unspecified atom stereocenters. The maximum Gasteiger partial charge on any atom is 0.528 e. The highest BCUT2D eigenvalue weighted by Crippen LogP contribution is 2.36. The fourth-order valence-electron chi connectivity index (χ4n) is 4.86. The Kier molecular flexibility index (Phi) is 9.48. The number of carbonyl (C=O) groups excluding carboxylic acids is 2. The third-order valence-corrected chi connectivity index (χ3v) is 7.39. The Morgan fingerprint density at radius 2 is 1.80 bits per heavy atom. The summed E-state index contributed by atoms with van der Waals surface area (Å²) in [4.78, 5) is 36.6. The number of amides is 1. The Labute approximate surface area is 271 Å². The summed E-state index contributed by atoms with van der Waals surface area (Å²) in [6, 6.07) is 17.6. The van der Waals surface area contributed by atoms with Crippen LogP contribution in [0.5, 0.6) is 5.75 Å². The van der Waals surface area contributed by atoms with Gasteiger partial charge in [0.2, 0.25) is 0 Å². The molecule has 0 fully saturated rings. The van der Waals surface area contributed by atoms with E-state index in [0.29, 0.717) is 44.0 Å². The lowest BCUT2D eigenvalue weighted by Crippen LogP contribution is -2.36. The second-order valence-electron chi connectivity index (χ2n) is 11.4. The SMILES string of the molecule is COc1ccc(/C=C2\CN(OC(=O)OC(C)(C)C)Cc3c(C(=O)NC(C)c4ccccn4)nn(-c4ccc(Cl)cc4Cl)c32)cc1. The zero-order valence-corrected chi connectivity index (χ0v) is 27.0. The standard InChI is InChI=1S/C33H33Cl2N5O5/c1-20(27-8-6-7-15-36-27)37-31(41)29-25-19-39(45-32(42)44-33(2,3)4)18-22(16-21-9-12-24(43-5)13-10-21)30(25)40(38-29)28-14-11-23(34)17-26(28)35/h6-17,20H,18-19H2,1-5H3,(H,37,41)/b22-16+. The molecule has 10 nitrogen and oxygen atoms in total. The molecule has 0 bridgehead atoms. The molecular weight excluding hydrogens is 617 g/mol. The summed E-state index contributed by atoms with van der Waals surface area (Å²) >= 11 is 12.9. The molecule has 0 radical (unpaired) electrons. The van der Waals surface area contributed by atoms with Gasteiger partial charge in [-0.3, -0.25) is 9.78 Å². The van der Waals surface area contributed by atoms with Crippen molar-refractivity contribution in [1.29, 1.82) is 0 Å². The van der Waals surface area contributed by atoms with Crippen molar-refractivity contribution in [2.45, 2.75) is 45.9 Å². The number of methoxy groups -OCH3 is 1. The number of hydrogen-bond donors (Lipinski definition) is 1. The van der Waals surface area contributed by atoms with Crippen molar-refractivity contribution in [2.75, 3.05) is 13.7 Å². The van der Waals surface area contributed by atoms with Gasteiger partial charge in [0.25, 0.3) is 5.91 Å². The van der Waals surface area contributed by atoms with Gasteiger partial charge in [-0.1, -0.05) is 41.4 Å². The molecule has 0 saturated carbocycles. The van der Waals surface area contributed by atoms with Crippen LogP contribution in [0.4, 0.5) is 4.79 Å². The summed E-state index contributed by atoms with van der Waals surface area (Å²) < 4.78 is 12.4. The molecule has 45 heavy (non-hydrogen) atoms. The molecule has 0 spiro atoms. The van der Waals surface area contributed by atoms with Crippen LogP contribution in [0.25, 0.3) is 17.3 Å². The van der Waals surface area contributed by atoms with E-state index in [1.54, 1.807) is 57.0 Å². The number of nitrogens with zero attached hydrogens (tertiary/aromatic N) is 4. The van der Waals surface area contributed by atoms with E-state index in [-0.39, 0.29) is 18.8 Å². The number of benzene rings is 2. The van der Waals surface area contributed by atoms with Crippen LogP contribution in [-0.4, -0.2) is 51.1 Å². The van der Waals surface area contributed by atoms with Gasteiger partial charge in [-0.05, 0) is 87.4 Å². The average Bonchev–Trinajstić information content (AvgIpc) is 3.36. The second-order valence-corrected chi connectivity index (χ2v) is 12.3. The second kappa shape index (κ2) is 13.3. The number of hydrogen-bond acceptors (Lipinski definition) is 8. The van der Waals surface area contributed by atoms with E-state index in [2.05, 4.69) is 10.3 Å². The molecule has 1 amide bonds. The van der Waals surface area contributed by atoms with Gasteiger partial charge >= 0.3 is 6.16 Å². The third-order valence-electron chi connectivity index (χ3n) is 6.85. The largest absolute Gasteiger partial charge is 0.528 e. The zero-order chi connectivity index (χ0) is 32.3. The van der Waals surface area contributed by atoms with Gasteiger partial charge in [0, 0.05) is 16.8 Å². The van der Waals surface area contributed by atoms with Crippen LogP contribution in [0.2, 0.25) is 10.0 Å². The molecule has 2 aromatic carbocycles. The number of nitrogens with one attached hydrogen (secondary N) is 1. The van der Waals surface area contributed by atoms with Gasteiger partial charge in [-0.25, -0.2) is 9.48 Å².